The maximum atomic E-state index is 5.64. The summed E-state index contributed by atoms with van der Waals surface area (Å²) in [6.45, 7) is 12.7. The molecule has 0 saturated carbocycles. The number of hydrogen-bond acceptors (Lipinski definition) is 3. The summed E-state index contributed by atoms with van der Waals surface area (Å²) in [7, 11) is 0.649. The Hall–Kier alpha value is -0.683. The van der Waals surface area contributed by atoms with Crippen LogP contribution in [0.3, 0.4) is 0 Å². The van der Waals surface area contributed by atoms with E-state index in [9.17, 15) is 0 Å². The lowest BCUT2D eigenvalue weighted by atomic mass is 10.4. The summed E-state index contributed by atoms with van der Waals surface area (Å²) in [5.41, 5.74) is -0.852. The first-order valence-corrected chi connectivity index (χ1v) is 6.93. The summed E-state index contributed by atoms with van der Waals surface area (Å²) in [6, 6.07) is 0. The Kier molecular flexibility index (Phi) is 10.0. The largest absolute Gasteiger partial charge is 0.332 e. The normalized spacial score (nSPS) is 11.3. The van der Waals surface area contributed by atoms with Crippen molar-refractivity contribution in [3.63, 3.8) is 0 Å². The molecule has 0 amide bonds. The highest BCUT2D eigenvalue weighted by atomic mass is 28.1. The first-order valence-electron chi connectivity index (χ1n) is 5.93. The van der Waals surface area contributed by atoms with Crippen LogP contribution in [0.25, 0.3) is 0 Å². The van der Waals surface area contributed by atoms with Crippen molar-refractivity contribution in [2.45, 2.75) is 24.9 Å². The predicted molar refractivity (Wildman–Crippen MR) is 75.0 cm³/mol. The third-order valence-corrected chi connectivity index (χ3v) is 2.92. The molecule has 0 fully saturated rings. The van der Waals surface area contributed by atoms with Crippen molar-refractivity contribution in [3.8, 4) is 0 Å². The van der Waals surface area contributed by atoms with E-state index < -0.39 is 5.60 Å². The molecule has 0 aliphatic heterocycles. The number of rotatable bonds is 12. The van der Waals surface area contributed by atoms with E-state index in [1.54, 1.807) is 0 Å². The Morgan fingerprint density at radius 3 is 1.29 bits per heavy atom. The van der Waals surface area contributed by atoms with E-state index in [-0.39, 0.29) is 0 Å². The Morgan fingerprint density at radius 1 is 0.765 bits per heavy atom. The molecule has 3 nitrogen and oxygen atoms in total. The second-order valence-electron chi connectivity index (χ2n) is 3.64. The summed E-state index contributed by atoms with van der Waals surface area (Å²) in [6.07, 6.45) is 7.82. The minimum Gasteiger partial charge on any atom is -0.332 e. The molecule has 0 spiro atoms. The highest BCUT2D eigenvalue weighted by Gasteiger charge is 2.25. The summed E-state index contributed by atoms with van der Waals surface area (Å²) in [4.78, 5) is 0. The van der Waals surface area contributed by atoms with Crippen LogP contribution in [-0.2, 0) is 14.2 Å². The smallest absolute Gasteiger partial charge is 0.245 e. The monoisotopic (exact) mass is 256 g/mol. The van der Waals surface area contributed by atoms with Crippen molar-refractivity contribution in [2.75, 3.05) is 19.8 Å². The van der Waals surface area contributed by atoms with Crippen LogP contribution in [0.5, 0.6) is 0 Å². The molecule has 0 atom stereocenters. The molecular formula is C13H24O3Si. The van der Waals surface area contributed by atoms with Gasteiger partial charge in [0.1, 0.15) is 10.2 Å². The molecule has 98 valence electrons. The van der Waals surface area contributed by atoms with Crippen molar-refractivity contribution in [3.05, 3.63) is 38.0 Å². The first kappa shape index (κ1) is 16.3. The fourth-order valence-corrected chi connectivity index (χ4v) is 1.72. The summed E-state index contributed by atoms with van der Waals surface area (Å²) in [5.74, 6) is 0. The van der Waals surface area contributed by atoms with Gasteiger partial charge in [0.2, 0.25) is 5.60 Å². The minimum atomic E-state index is -0.852. The topological polar surface area (TPSA) is 27.7 Å². The van der Waals surface area contributed by atoms with Gasteiger partial charge in [0.25, 0.3) is 0 Å². The Labute approximate surface area is 108 Å². The van der Waals surface area contributed by atoms with Gasteiger partial charge in [-0.3, -0.25) is 0 Å². The van der Waals surface area contributed by atoms with Gasteiger partial charge in [-0.25, -0.2) is 0 Å². The lowest BCUT2D eigenvalue weighted by Crippen LogP contribution is -2.40. The van der Waals surface area contributed by atoms with Gasteiger partial charge in [-0.1, -0.05) is 18.2 Å². The molecule has 4 heteroatoms. The Morgan fingerprint density at radius 2 is 1.06 bits per heavy atom. The average Bonchev–Trinajstić information content (AvgIpc) is 2.30. The SMILES string of the molecule is C=CCCOC([SiH3])(OCCC=C)OCCC=C. The predicted octanol–water partition coefficient (Wildman–Crippen LogP) is 1.74. The minimum absolute atomic E-state index is 0.565. The van der Waals surface area contributed by atoms with Crippen LogP contribution < -0.4 is 0 Å². The fraction of sp³-hybridized carbons (Fsp3) is 0.538. The van der Waals surface area contributed by atoms with Crippen LogP contribution in [-0.4, -0.2) is 35.7 Å². The van der Waals surface area contributed by atoms with E-state index in [4.69, 9.17) is 14.2 Å². The van der Waals surface area contributed by atoms with Crippen molar-refractivity contribution in [2.24, 2.45) is 0 Å². The molecule has 0 aromatic rings. The molecule has 0 radical (unpaired) electrons. The van der Waals surface area contributed by atoms with Crippen molar-refractivity contribution < 1.29 is 14.2 Å². The van der Waals surface area contributed by atoms with Gasteiger partial charge in [0, 0.05) is 0 Å². The Balaban J connectivity index is 4.07. The van der Waals surface area contributed by atoms with Crippen LogP contribution in [0.1, 0.15) is 19.3 Å². The van der Waals surface area contributed by atoms with Crippen molar-refractivity contribution >= 4 is 10.2 Å². The van der Waals surface area contributed by atoms with Gasteiger partial charge in [0.15, 0.2) is 0 Å². The maximum absolute atomic E-state index is 5.64. The zero-order valence-corrected chi connectivity index (χ0v) is 12.8. The average molecular weight is 256 g/mol. The van der Waals surface area contributed by atoms with Gasteiger partial charge in [-0.2, -0.15) is 0 Å². The van der Waals surface area contributed by atoms with Crippen molar-refractivity contribution in [1.82, 2.24) is 0 Å². The second kappa shape index (κ2) is 10.5. The molecule has 0 heterocycles. The van der Waals surface area contributed by atoms with Crippen LogP contribution in [0.4, 0.5) is 0 Å². The molecule has 0 unspecified atom stereocenters. The van der Waals surface area contributed by atoms with Crippen LogP contribution >= 0.6 is 0 Å². The van der Waals surface area contributed by atoms with Gasteiger partial charge in [-0.15, -0.1) is 19.7 Å². The molecule has 0 aliphatic carbocycles. The summed E-state index contributed by atoms with van der Waals surface area (Å²) >= 11 is 0. The zero-order valence-electron chi connectivity index (χ0n) is 10.8. The van der Waals surface area contributed by atoms with Gasteiger partial charge < -0.3 is 14.2 Å². The highest BCUT2D eigenvalue weighted by molar-refractivity contribution is 6.12. The van der Waals surface area contributed by atoms with E-state index in [0.717, 1.165) is 19.3 Å². The molecular weight excluding hydrogens is 232 g/mol. The third-order valence-electron chi connectivity index (χ3n) is 2.06. The molecule has 17 heavy (non-hydrogen) atoms. The quantitative estimate of drug-likeness (QED) is 0.230. The van der Waals surface area contributed by atoms with Gasteiger partial charge >= 0.3 is 0 Å². The van der Waals surface area contributed by atoms with Crippen LogP contribution in [0, 0.1) is 0 Å². The van der Waals surface area contributed by atoms with Crippen molar-refractivity contribution in [1.29, 1.82) is 0 Å². The fourth-order valence-electron chi connectivity index (χ4n) is 1.11. The molecule has 0 aliphatic rings. The van der Waals surface area contributed by atoms with E-state index in [0.29, 0.717) is 30.1 Å². The van der Waals surface area contributed by atoms with E-state index in [1.807, 2.05) is 18.2 Å². The molecule has 0 N–H and O–H groups in total. The highest BCUT2D eigenvalue weighted by Crippen LogP contribution is 2.13. The van der Waals surface area contributed by atoms with Gasteiger partial charge in [-0.05, 0) is 19.3 Å². The van der Waals surface area contributed by atoms with E-state index in [2.05, 4.69) is 19.7 Å². The third kappa shape index (κ3) is 9.06. The van der Waals surface area contributed by atoms with Crippen LogP contribution in [0.2, 0.25) is 0 Å². The number of hydrogen-bond donors (Lipinski definition) is 0. The Bertz CT molecular complexity index is 193. The number of ether oxygens (including phenoxy) is 3. The second-order valence-corrected chi connectivity index (χ2v) is 4.86. The molecule has 0 aromatic carbocycles. The first-order chi connectivity index (χ1) is 8.18. The lowest BCUT2D eigenvalue weighted by molar-refractivity contribution is -0.323. The zero-order chi connectivity index (χ0) is 13.0. The summed E-state index contributed by atoms with van der Waals surface area (Å²) in [5, 5.41) is 0. The van der Waals surface area contributed by atoms with Gasteiger partial charge in [0.05, 0.1) is 19.8 Å². The van der Waals surface area contributed by atoms with Crippen LogP contribution in [0.15, 0.2) is 38.0 Å². The molecule has 0 aromatic heterocycles. The molecule has 0 rings (SSSR count). The van der Waals surface area contributed by atoms with E-state index >= 15 is 0 Å². The maximum Gasteiger partial charge on any atom is 0.245 e. The lowest BCUT2D eigenvalue weighted by Gasteiger charge is -2.30. The standard InChI is InChI=1S/C13H24O3Si/c1-4-7-10-14-13(17,15-11-8-5-2)16-12-9-6-3/h4-6H,1-3,7-12H2,17H3. The molecule has 0 bridgehead atoms. The summed E-state index contributed by atoms with van der Waals surface area (Å²) < 4.78 is 16.9. The van der Waals surface area contributed by atoms with E-state index in [1.165, 1.54) is 0 Å². The molecule has 0 saturated heterocycles.